The Balaban J connectivity index is 1.88. The van der Waals surface area contributed by atoms with Gasteiger partial charge in [0.15, 0.2) is 5.78 Å². The standard InChI is InChI=1S/C23H32BNO6/c1-21(2,3)29-20(27)25-14-16(24-30-22(4,5)23(6,7)31-24)12-15-8-9-19-17(13-15)18(26)10-11-28-19/h8-9,12-13H,10-11,14H2,1-7H3,(H,25,27). The van der Waals surface area contributed by atoms with Crippen molar-refractivity contribution in [1.82, 2.24) is 5.32 Å². The van der Waals surface area contributed by atoms with Gasteiger partial charge in [0.2, 0.25) is 0 Å². The first kappa shape index (κ1) is 23.4. The molecule has 1 N–H and O–H groups in total. The molecule has 1 aromatic carbocycles. The SMILES string of the molecule is CC(C)(C)OC(=O)NCC(=Cc1ccc2c(c1)C(=O)CCO2)B1OC(C)(C)C(C)(C)O1. The Bertz CT molecular complexity index is 884. The molecule has 7 nitrogen and oxygen atoms in total. The molecule has 0 unspecified atom stereocenters. The Morgan fingerprint density at radius 2 is 1.84 bits per heavy atom. The third-order valence-electron chi connectivity index (χ3n) is 5.63. The van der Waals surface area contributed by atoms with Crippen molar-refractivity contribution in [3.63, 3.8) is 0 Å². The Morgan fingerprint density at radius 3 is 2.45 bits per heavy atom. The summed E-state index contributed by atoms with van der Waals surface area (Å²) in [6, 6.07) is 5.47. The van der Waals surface area contributed by atoms with Gasteiger partial charge in [-0.15, -0.1) is 0 Å². The van der Waals surface area contributed by atoms with Gasteiger partial charge >= 0.3 is 13.2 Å². The van der Waals surface area contributed by atoms with E-state index >= 15 is 0 Å². The lowest BCUT2D eigenvalue weighted by Crippen LogP contribution is -2.41. The first-order valence-electron chi connectivity index (χ1n) is 10.6. The van der Waals surface area contributed by atoms with Gasteiger partial charge in [0, 0.05) is 13.0 Å². The van der Waals surface area contributed by atoms with Crippen molar-refractivity contribution in [1.29, 1.82) is 0 Å². The largest absolute Gasteiger partial charge is 0.492 e. The first-order valence-corrected chi connectivity index (χ1v) is 10.6. The number of ether oxygens (including phenoxy) is 2. The molecule has 1 aromatic rings. The van der Waals surface area contributed by atoms with Gasteiger partial charge in [-0.2, -0.15) is 0 Å². The molecule has 0 bridgehead atoms. The quantitative estimate of drug-likeness (QED) is 0.723. The van der Waals surface area contributed by atoms with Gasteiger partial charge in [0.1, 0.15) is 11.4 Å². The summed E-state index contributed by atoms with van der Waals surface area (Å²) in [5, 5.41) is 2.78. The zero-order valence-electron chi connectivity index (χ0n) is 19.5. The minimum Gasteiger partial charge on any atom is -0.492 e. The van der Waals surface area contributed by atoms with Crippen LogP contribution in [0.1, 0.15) is 70.8 Å². The molecule has 2 aliphatic heterocycles. The molecule has 168 valence electrons. The number of hydrogen-bond acceptors (Lipinski definition) is 6. The second kappa shape index (κ2) is 8.32. The van der Waals surface area contributed by atoms with Gasteiger partial charge in [-0.05, 0) is 71.6 Å². The van der Waals surface area contributed by atoms with E-state index in [-0.39, 0.29) is 12.3 Å². The van der Waals surface area contributed by atoms with Crippen LogP contribution >= 0.6 is 0 Å². The summed E-state index contributed by atoms with van der Waals surface area (Å²) < 4.78 is 23.3. The molecular formula is C23H32BNO6. The fraction of sp³-hybridized carbons (Fsp3) is 0.565. The van der Waals surface area contributed by atoms with Crippen LogP contribution in [0.15, 0.2) is 23.7 Å². The number of nitrogens with one attached hydrogen (secondary N) is 1. The number of benzene rings is 1. The zero-order chi connectivity index (χ0) is 23.0. The number of hydrogen-bond donors (Lipinski definition) is 1. The van der Waals surface area contributed by atoms with Crippen molar-refractivity contribution >= 4 is 25.1 Å². The Labute approximate surface area is 184 Å². The fourth-order valence-electron chi connectivity index (χ4n) is 3.27. The van der Waals surface area contributed by atoms with Crippen LogP contribution in [0.25, 0.3) is 6.08 Å². The van der Waals surface area contributed by atoms with E-state index in [0.29, 0.717) is 29.8 Å². The molecule has 1 amide bonds. The number of amides is 1. The van der Waals surface area contributed by atoms with E-state index in [1.54, 1.807) is 12.1 Å². The smallest absolute Gasteiger partial charge is 0.492 e. The number of ketones is 1. The molecule has 1 saturated heterocycles. The van der Waals surface area contributed by atoms with Gasteiger partial charge in [-0.1, -0.05) is 12.1 Å². The highest BCUT2D eigenvalue weighted by Crippen LogP contribution is 2.39. The third-order valence-corrected chi connectivity index (χ3v) is 5.63. The Morgan fingerprint density at radius 1 is 1.19 bits per heavy atom. The van der Waals surface area contributed by atoms with Crippen molar-refractivity contribution < 1.29 is 28.4 Å². The Hall–Kier alpha value is -2.32. The molecule has 0 spiro atoms. The lowest BCUT2D eigenvalue weighted by molar-refractivity contribution is 0.00578. The molecule has 0 radical (unpaired) electrons. The van der Waals surface area contributed by atoms with Crippen LogP contribution in [0.3, 0.4) is 0 Å². The van der Waals surface area contributed by atoms with Crippen LogP contribution in [-0.4, -0.2) is 48.9 Å². The minimum absolute atomic E-state index is 0.0561. The molecule has 0 aromatic heterocycles. The van der Waals surface area contributed by atoms with Gasteiger partial charge in [0.05, 0.1) is 23.4 Å². The van der Waals surface area contributed by atoms with E-state index in [1.165, 1.54) is 0 Å². The summed E-state index contributed by atoms with van der Waals surface area (Å²) in [4.78, 5) is 24.5. The van der Waals surface area contributed by atoms with Crippen LogP contribution in [-0.2, 0) is 14.0 Å². The maximum Gasteiger partial charge on any atom is 0.492 e. The average Bonchev–Trinajstić information content (AvgIpc) is 2.85. The lowest BCUT2D eigenvalue weighted by atomic mass is 9.77. The predicted molar refractivity (Wildman–Crippen MR) is 119 cm³/mol. The average molecular weight is 429 g/mol. The molecule has 0 aliphatic carbocycles. The summed E-state index contributed by atoms with van der Waals surface area (Å²) in [5.41, 5.74) is 0.428. The van der Waals surface area contributed by atoms with Gasteiger partial charge < -0.3 is 24.1 Å². The normalized spacial score (nSPS) is 20.2. The number of carbonyl (C=O) groups excluding carboxylic acids is 2. The van der Waals surface area contributed by atoms with Crippen LogP contribution in [0, 0.1) is 0 Å². The zero-order valence-corrected chi connectivity index (χ0v) is 19.5. The van der Waals surface area contributed by atoms with Crippen molar-refractivity contribution in [3.05, 3.63) is 34.8 Å². The summed E-state index contributed by atoms with van der Waals surface area (Å²) in [5.74, 6) is 0.651. The van der Waals surface area contributed by atoms with Gasteiger partial charge in [0.25, 0.3) is 0 Å². The second-order valence-corrected chi connectivity index (χ2v) is 9.94. The predicted octanol–water partition coefficient (Wildman–Crippen LogP) is 4.19. The Kier molecular flexibility index (Phi) is 6.26. The lowest BCUT2D eigenvalue weighted by Gasteiger charge is -2.32. The number of rotatable bonds is 4. The number of carbonyl (C=O) groups is 2. The summed E-state index contributed by atoms with van der Waals surface area (Å²) >= 11 is 0. The van der Waals surface area contributed by atoms with Gasteiger partial charge in [-0.3, -0.25) is 4.79 Å². The molecule has 0 atom stereocenters. The summed E-state index contributed by atoms with van der Waals surface area (Å²) in [6.45, 7) is 13.9. The highest BCUT2D eigenvalue weighted by atomic mass is 16.7. The number of fused-ring (bicyclic) bond motifs is 1. The first-order chi connectivity index (χ1) is 14.3. The fourth-order valence-corrected chi connectivity index (χ4v) is 3.27. The van der Waals surface area contributed by atoms with E-state index < -0.39 is 30.0 Å². The maximum absolute atomic E-state index is 12.3. The summed E-state index contributed by atoms with van der Waals surface area (Å²) in [6.07, 6.45) is 1.72. The molecule has 0 saturated carbocycles. The van der Waals surface area contributed by atoms with Crippen molar-refractivity contribution in [2.45, 2.75) is 71.7 Å². The number of Topliss-reactive ketones (excluding diaryl/α,β-unsaturated/α-hetero) is 1. The highest BCUT2D eigenvalue weighted by Gasteiger charge is 2.52. The summed E-state index contributed by atoms with van der Waals surface area (Å²) in [7, 11) is -0.650. The molecule has 2 aliphatic rings. The van der Waals surface area contributed by atoms with Crippen molar-refractivity contribution in [3.8, 4) is 5.75 Å². The second-order valence-electron chi connectivity index (χ2n) is 9.94. The van der Waals surface area contributed by atoms with E-state index in [2.05, 4.69) is 5.32 Å². The highest BCUT2D eigenvalue weighted by molar-refractivity contribution is 6.56. The molecule has 8 heteroatoms. The van der Waals surface area contributed by atoms with E-state index in [0.717, 1.165) is 5.56 Å². The van der Waals surface area contributed by atoms with Gasteiger partial charge in [-0.25, -0.2) is 4.79 Å². The topological polar surface area (TPSA) is 83.1 Å². The molecule has 2 heterocycles. The molecule has 31 heavy (non-hydrogen) atoms. The van der Waals surface area contributed by atoms with Crippen LogP contribution in [0.2, 0.25) is 0 Å². The minimum atomic E-state index is -0.650. The van der Waals surface area contributed by atoms with E-state index in [4.69, 9.17) is 18.8 Å². The van der Waals surface area contributed by atoms with Crippen LogP contribution in [0.4, 0.5) is 4.79 Å². The van der Waals surface area contributed by atoms with E-state index in [1.807, 2.05) is 60.6 Å². The monoisotopic (exact) mass is 429 g/mol. The van der Waals surface area contributed by atoms with E-state index in [9.17, 15) is 9.59 Å². The van der Waals surface area contributed by atoms with Crippen molar-refractivity contribution in [2.75, 3.05) is 13.2 Å². The molecule has 3 rings (SSSR count). The molecule has 1 fully saturated rings. The maximum atomic E-state index is 12.3. The molecular weight excluding hydrogens is 397 g/mol. The van der Waals surface area contributed by atoms with Crippen molar-refractivity contribution in [2.24, 2.45) is 0 Å². The third kappa shape index (κ3) is 5.49. The van der Waals surface area contributed by atoms with Crippen LogP contribution < -0.4 is 10.1 Å². The number of alkyl carbamates (subject to hydrolysis) is 1. The van der Waals surface area contributed by atoms with Crippen LogP contribution in [0.5, 0.6) is 5.75 Å².